The number of nitrogens with zero attached hydrogens (tertiary/aromatic N) is 5. The first kappa shape index (κ1) is 21.7. The van der Waals surface area contributed by atoms with Crippen molar-refractivity contribution in [2.75, 3.05) is 11.5 Å². The summed E-state index contributed by atoms with van der Waals surface area (Å²) in [4.78, 5) is 25.3. The molecule has 0 aliphatic carbocycles. The quantitative estimate of drug-likeness (QED) is 0.530. The molecular formula is C21H19F4N5O2. The van der Waals surface area contributed by atoms with Crippen LogP contribution in [0.2, 0.25) is 0 Å². The number of cyclic esters (lactones) is 1. The summed E-state index contributed by atoms with van der Waals surface area (Å²) in [6, 6.07) is 2.13. The van der Waals surface area contributed by atoms with Crippen LogP contribution in [-0.4, -0.2) is 44.4 Å². The van der Waals surface area contributed by atoms with Crippen molar-refractivity contribution in [1.82, 2.24) is 19.5 Å². The summed E-state index contributed by atoms with van der Waals surface area (Å²) in [7, 11) is 0. The van der Waals surface area contributed by atoms with Gasteiger partial charge < -0.3 is 9.30 Å². The number of carbonyl (C=O) groups excluding carboxylic acids is 1. The Hall–Kier alpha value is -3.50. The van der Waals surface area contributed by atoms with E-state index in [0.29, 0.717) is 5.69 Å². The van der Waals surface area contributed by atoms with Gasteiger partial charge in [-0.15, -0.1) is 0 Å². The third kappa shape index (κ3) is 4.27. The average Bonchev–Trinajstić information content (AvgIpc) is 3.36. The molecule has 2 aromatic heterocycles. The lowest BCUT2D eigenvalue weighted by molar-refractivity contribution is 0.174. The highest BCUT2D eigenvalue weighted by Crippen LogP contribution is 2.27. The van der Waals surface area contributed by atoms with E-state index in [1.807, 2.05) is 6.92 Å². The van der Waals surface area contributed by atoms with Crippen molar-refractivity contribution in [2.45, 2.75) is 38.4 Å². The van der Waals surface area contributed by atoms with Crippen molar-refractivity contribution < 1.29 is 27.1 Å². The molecule has 0 saturated carbocycles. The first-order valence-electron chi connectivity index (χ1n) is 9.84. The van der Waals surface area contributed by atoms with E-state index in [2.05, 4.69) is 15.0 Å². The molecule has 1 aromatic carbocycles. The number of carbonyl (C=O) groups is 1. The largest absolute Gasteiger partial charge is 0.447 e. The van der Waals surface area contributed by atoms with Crippen LogP contribution in [-0.2, 0) is 11.2 Å². The summed E-state index contributed by atoms with van der Waals surface area (Å²) in [5, 5.41) is 0. The van der Waals surface area contributed by atoms with E-state index in [0.717, 1.165) is 17.2 Å². The predicted octanol–water partition coefficient (Wildman–Crippen LogP) is 4.11. The normalized spacial score (nSPS) is 18.0. The second-order valence-corrected chi connectivity index (χ2v) is 7.59. The zero-order valence-electron chi connectivity index (χ0n) is 17.2. The molecule has 1 aliphatic heterocycles. The Bertz CT molecular complexity index is 1130. The van der Waals surface area contributed by atoms with E-state index in [4.69, 9.17) is 4.74 Å². The number of imidazole rings is 1. The molecule has 32 heavy (non-hydrogen) atoms. The maximum Gasteiger partial charge on any atom is 0.416 e. The number of hydrogen-bond donors (Lipinski definition) is 0. The van der Waals surface area contributed by atoms with Crippen LogP contribution in [0.1, 0.15) is 31.3 Å². The van der Waals surface area contributed by atoms with Crippen LogP contribution >= 0.6 is 0 Å². The molecule has 0 N–H and O–H groups in total. The summed E-state index contributed by atoms with van der Waals surface area (Å²) >= 11 is 0. The monoisotopic (exact) mass is 449 g/mol. The van der Waals surface area contributed by atoms with E-state index in [-0.39, 0.29) is 36.3 Å². The Morgan fingerprint density at radius 1 is 1.16 bits per heavy atom. The number of rotatable bonds is 6. The molecule has 0 bridgehead atoms. The first-order chi connectivity index (χ1) is 15.2. The van der Waals surface area contributed by atoms with Crippen molar-refractivity contribution in [3.8, 4) is 5.69 Å². The fraction of sp³-hybridized carbons (Fsp3) is 0.333. The van der Waals surface area contributed by atoms with Crippen LogP contribution < -0.4 is 4.90 Å². The molecule has 1 amide bonds. The highest BCUT2D eigenvalue weighted by molar-refractivity contribution is 5.89. The number of alkyl halides is 1. The predicted molar refractivity (Wildman–Crippen MR) is 106 cm³/mol. The number of ether oxygens (including phenoxy) is 1. The Labute approximate surface area is 180 Å². The third-order valence-electron chi connectivity index (χ3n) is 5.18. The SMILES string of the molecule is C[C@H](Cc1ncc(F)c(N2C(=O)OC[C@@H]2[C@H](C)F)n1)c1cn(-c2cc(F)cc(F)c2)cn1. The molecule has 7 nitrogen and oxygen atoms in total. The Morgan fingerprint density at radius 3 is 2.56 bits per heavy atom. The summed E-state index contributed by atoms with van der Waals surface area (Å²) in [6.07, 6.45) is 1.85. The second-order valence-electron chi connectivity index (χ2n) is 7.59. The molecule has 1 aliphatic rings. The van der Waals surface area contributed by atoms with Crippen molar-refractivity contribution in [3.05, 3.63) is 65.9 Å². The van der Waals surface area contributed by atoms with E-state index in [9.17, 15) is 22.4 Å². The van der Waals surface area contributed by atoms with E-state index in [1.54, 1.807) is 6.20 Å². The lowest BCUT2D eigenvalue weighted by atomic mass is 10.0. The Morgan fingerprint density at radius 2 is 1.88 bits per heavy atom. The van der Waals surface area contributed by atoms with Crippen LogP contribution in [0.25, 0.3) is 5.69 Å². The second kappa shape index (κ2) is 8.56. The summed E-state index contributed by atoms with van der Waals surface area (Å²) < 4.78 is 61.6. The fourth-order valence-electron chi connectivity index (χ4n) is 3.48. The maximum absolute atomic E-state index is 14.4. The van der Waals surface area contributed by atoms with Crippen LogP contribution in [0.15, 0.2) is 36.9 Å². The van der Waals surface area contributed by atoms with Gasteiger partial charge in [-0.3, -0.25) is 0 Å². The van der Waals surface area contributed by atoms with Gasteiger partial charge in [0.15, 0.2) is 11.6 Å². The van der Waals surface area contributed by atoms with Gasteiger partial charge in [-0.05, 0) is 19.1 Å². The standard InChI is InChI=1S/C21H19F4N5O2/c1-11(17-8-29(10-27-17)15-5-13(23)4-14(24)6-15)3-19-26-7-16(25)20(28-19)30-18(12(2)22)9-32-21(30)31/h4-8,10-12,18H,3,9H2,1-2H3/t11-,12+,18-/m1/s1. The van der Waals surface area contributed by atoms with Crippen molar-refractivity contribution >= 4 is 11.9 Å². The number of aromatic nitrogens is 4. The number of anilines is 1. The smallest absolute Gasteiger partial charge is 0.416 e. The molecular weight excluding hydrogens is 430 g/mol. The van der Waals surface area contributed by atoms with Crippen molar-refractivity contribution in [1.29, 1.82) is 0 Å². The molecule has 0 spiro atoms. The van der Waals surface area contributed by atoms with Crippen molar-refractivity contribution in [3.63, 3.8) is 0 Å². The Kier molecular flexibility index (Phi) is 5.81. The van der Waals surface area contributed by atoms with E-state index >= 15 is 0 Å². The van der Waals surface area contributed by atoms with Gasteiger partial charge in [0.05, 0.1) is 23.9 Å². The average molecular weight is 449 g/mol. The van der Waals surface area contributed by atoms with Gasteiger partial charge in [-0.25, -0.2) is 42.2 Å². The minimum Gasteiger partial charge on any atom is -0.447 e. The van der Waals surface area contributed by atoms with Gasteiger partial charge in [0, 0.05) is 24.6 Å². The van der Waals surface area contributed by atoms with E-state index in [1.165, 1.54) is 30.0 Å². The molecule has 1 saturated heterocycles. The molecule has 0 radical (unpaired) electrons. The molecule has 3 aromatic rings. The number of benzene rings is 1. The highest BCUT2D eigenvalue weighted by Gasteiger charge is 2.40. The maximum atomic E-state index is 14.4. The van der Waals surface area contributed by atoms with Gasteiger partial charge >= 0.3 is 6.09 Å². The van der Waals surface area contributed by atoms with E-state index < -0.39 is 35.8 Å². The summed E-state index contributed by atoms with van der Waals surface area (Å²) in [5.74, 6) is -2.68. The molecule has 4 rings (SSSR count). The fourth-order valence-corrected chi connectivity index (χ4v) is 3.48. The minimum atomic E-state index is -1.45. The zero-order valence-corrected chi connectivity index (χ0v) is 17.2. The van der Waals surface area contributed by atoms with Gasteiger partial charge in [-0.2, -0.15) is 0 Å². The molecule has 1 fully saturated rings. The van der Waals surface area contributed by atoms with Gasteiger partial charge in [0.2, 0.25) is 0 Å². The van der Waals surface area contributed by atoms with Crippen LogP contribution in [0, 0.1) is 17.5 Å². The van der Waals surface area contributed by atoms with Crippen molar-refractivity contribution in [2.24, 2.45) is 0 Å². The van der Waals surface area contributed by atoms with Crippen LogP contribution in [0.4, 0.5) is 28.2 Å². The molecule has 11 heteroatoms. The Balaban J connectivity index is 1.56. The molecule has 3 heterocycles. The lowest BCUT2D eigenvalue weighted by Gasteiger charge is -2.22. The molecule has 168 valence electrons. The van der Waals surface area contributed by atoms with Gasteiger partial charge in [-0.1, -0.05) is 6.92 Å². The number of halogens is 4. The minimum absolute atomic E-state index is 0.205. The topological polar surface area (TPSA) is 73.1 Å². The van der Waals surface area contributed by atoms with Gasteiger partial charge in [0.1, 0.15) is 36.3 Å². The summed E-state index contributed by atoms with van der Waals surface area (Å²) in [6.45, 7) is 2.87. The lowest BCUT2D eigenvalue weighted by Crippen LogP contribution is -2.40. The number of amides is 1. The number of hydrogen-bond acceptors (Lipinski definition) is 5. The zero-order chi connectivity index (χ0) is 23.0. The van der Waals surface area contributed by atoms with Crippen LogP contribution in [0.3, 0.4) is 0 Å². The van der Waals surface area contributed by atoms with Crippen LogP contribution in [0.5, 0.6) is 0 Å². The highest BCUT2D eigenvalue weighted by atomic mass is 19.1. The third-order valence-corrected chi connectivity index (χ3v) is 5.18. The first-order valence-corrected chi connectivity index (χ1v) is 9.84. The molecule has 0 unspecified atom stereocenters. The molecule has 3 atom stereocenters. The summed E-state index contributed by atoms with van der Waals surface area (Å²) in [5.41, 5.74) is 0.854. The van der Waals surface area contributed by atoms with Gasteiger partial charge in [0.25, 0.3) is 0 Å².